The molecule has 0 atom stereocenters. The zero-order valence-electron chi connectivity index (χ0n) is 14.5. The summed E-state index contributed by atoms with van der Waals surface area (Å²) in [6, 6.07) is 29.6. The zero-order valence-corrected chi connectivity index (χ0v) is 14.5. The van der Waals surface area contributed by atoms with Crippen LogP contribution in [-0.2, 0) is 7.05 Å². The first-order valence-electron chi connectivity index (χ1n) is 8.30. The van der Waals surface area contributed by atoms with Gasteiger partial charge in [0, 0.05) is 28.9 Å². The van der Waals surface area contributed by atoms with Gasteiger partial charge >= 0.3 is 0 Å². The number of hydrogen-bond donors (Lipinski definition) is 0. The number of rotatable bonds is 0. The maximum absolute atomic E-state index is 2.28. The number of nitrogens with zero attached hydrogens (tertiary/aromatic N) is 1. The summed E-state index contributed by atoms with van der Waals surface area (Å²) < 4.78 is 2.28. The van der Waals surface area contributed by atoms with Crippen molar-refractivity contribution < 1.29 is 0 Å². The van der Waals surface area contributed by atoms with Crippen LogP contribution in [0.15, 0.2) is 84.9 Å². The van der Waals surface area contributed by atoms with Crippen LogP contribution in [0.5, 0.6) is 0 Å². The van der Waals surface area contributed by atoms with Gasteiger partial charge in [0.2, 0.25) is 0 Å². The van der Waals surface area contributed by atoms with Crippen molar-refractivity contribution in [3.05, 3.63) is 96.1 Å². The zero-order chi connectivity index (χ0) is 16.9. The second kappa shape index (κ2) is 7.18. The highest BCUT2D eigenvalue weighted by molar-refractivity contribution is 6.10. The van der Waals surface area contributed by atoms with E-state index in [9.17, 15) is 0 Å². The molecule has 1 heteroatoms. The molecule has 1 heterocycles. The molecule has 2 aromatic carbocycles. The number of hydrogen-bond acceptors (Lipinski definition) is 0. The summed E-state index contributed by atoms with van der Waals surface area (Å²) in [5, 5.41) is 2.61. The Bertz CT molecular complexity index is 913. The molecule has 0 saturated carbocycles. The van der Waals surface area contributed by atoms with Crippen molar-refractivity contribution in [3.8, 4) is 0 Å². The van der Waals surface area contributed by atoms with Gasteiger partial charge in [0.15, 0.2) is 0 Å². The highest BCUT2D eigenvalue weighted by atomic mass is 14.9. The monoisotopic (exact) mass is 313 g/mol. The van der Waals surface area contributed by atoms with E-state index < -0.39 is 0 Å². The average molecular weight is 313 g/mol. The van der Waals surface area contributed by atoms with Gasteiger partial charge in [0.05, 0.1) is 0 Å². The lowest BCUT2D eigenvalue weighted by Crippen LogP contribution is -1.84. The van der Waals surface area contributed by atoms with Crippen LogP contribution in [0.3, 0.4) is 0 Å². The predicted molar refractivity (Wildman–Crippen MR) is 105 cm³/mol. The van der Waals surface area contributed by atoms with Gasteiger partial charge in [-0.25, -0.2) is 0 Å². The van der Waals surface area contributed by atoms with Gasteiger partial charge in [-0.2, -0.15) is 0 Å². The van der Waals surface area contributed by atoms with Crippen molar-refractivity contribution >= 4 is 21.8 Å². The van der Waals surface area contributed by atoms with E-state index in [1.165, 1.54) is 32.9 Å². The Balaban J connectivity index is 2.69. The van der Waals surface area contributed by atoms with Crippen molar-refractivity contribution in [3.63, 3.8) is 0 Å². The van der Waals surface area contributed by atoms with Gasteiger partial charge in [0.1, 0.15) is 0 Å². The number of aromatic nitrogens is 1. The topological polar surface area (TPSA) is 4.93 Å². The summed E-state index contributed by atoms with van der Waals surface area (Å²) >= 11 is 0. The molecule has 0 aliphatic heterocycles. The second-order valence-electron chi connectivity index (χ2n) is 6.04. The van der Waals surface area contributed by atoms with Crippen LogP contribution in [0, 0.1) is 13.8 Å². The highest BCUT2D eigenvalue weighted by Gasteiger charge is 2.08. The van der Waals surface area contributed by atoms with E-state index >= 15 is 0 Å². The summed E-state index contributed by atoms with van der Waals surface area (Å²) in [6.07, 6.45) is 0. The molecular weight excluding hydrogens is 290 g/mol. The summed E-state index contributed by atoms with van der Waals surface area (Å²) in [5.74, 6) is 0. The lowest BCUT2D eigenvalue weighted by atomic mass is 10.1. The fourth-order valence-corrected chi connectivity index (χ4v) is 3.15. The van der Waals surface area contributed by atoms with Gasteiger partial charge in [-0.05, 0) is 37.1 Å². The smallest absolute Gasteiger partial charge is 0.0491 e. The minimum Gasteiger partial charge on any atom is -0.344 e. The Kier molecular flexibility index (Phi) is 4.81. The second-order valence-corrected chi connectivity index (χ2v) is 6.04. The molecule has 0 bridgehead atoms. The fourth-order valence-electron chi connectivity index (χ4n) is 3.15. The maximum Gasteiger partial charge on any atom is 0.0491 e. The molecule has 0 N–H and O–H groups in total. The van der Waals surface area contributed by atoms with E-state index in [1.54, 1.807) is 0 Å². The molecule has 24 heavy (non-hydrogen) atoms. The lowest BCUT2D eigenvalue weighted by Gasteiger charge is -1.96. The third-order valence-electron chi connectivity index (χ3n) is 4.36. The summed E-state index contributed by atoms with van der Waals surface area (Å²) in [7, 11) is 2.14. The molecule has 0 unspecified atom stereocenters. The molecule has 3 rings (SSSR count). The van der Waals surface area contributed by atoms with Crippen LogP contribution < -0.4 is 0 Å². The van der Waals surface area contributed by atoms with Crippen LogP contribution in [0.2, 0.25) is 0 Å². The minimum absolute atomic E-state index is 1.23. The Labute approximate surface area is 143 Å². The standard InChI is InChI=1S/C23H23N/c1-18-14-10-6-4-8-12-16-20-22(18)23-19(2)15-11-7-5-9-13-17-21(23)24(20)3/h4-17H,1-3H3. The minimum atomic E-state index is 1.23. The van der Waals surface area contributed by atoms with Crippen LogP contribution in [0.1, 0.15) is 11.1 Å². The highest BCUT2D eigenvalue weighted by Crippen LogP contribution is 2.30. The van der Waals surface area contributed by atoms with Crippen LogP contribution in [0.25, 0.3) is 21.8 Å². The van der Waals surface area contributed by atoms with Crippen molar-refractivity contribution in [2.24, 2.45) is 7.05 Å². The van der Waals surface area contributed by atoms with E-state index in [4.69, 9.17) is 0 Å². The normalized spacial score (nSPS) is 10.3. The Hall–Kier alpha value is -2.80. The summed E-state index contributed by atoms with van der Waals surface area (Å²) in [6.45, 7) is 4.38. The van der Waals surface area contributed by atoms with E-state index in [1.807, 2.05) is 0 Å². The number of aryl methyl sites for hydroxylation is 3. The fraction of sp³-hybridized carbons (Fsp3) is 0.130. The predicted octanol–water partition coefficient (Wildman–Crippen LogP) is 6.20. The molecule has 3 aromatic rings. The SMILES string of the molecule is Cc1cccccccc2c1c1c(C)cccccccc1n2C. The molecule has 0 saturated heterocycles. The largest absolute Gasteiger partial charge is 0.344 e. The molecule has 0 spiro atoms. The molecule has 120 valence electrons. The summed E-state index contributed by atoms with van der Waals surface area (Å²) in [4.78, 5) is 0. The molecule has 0 aliphatic carbocycles. The average Bonchev–Trinajstić information content (AvgIpc) is 2.86. The van der Waals surface area contributed by atoms with Crippen molar-refractivity contribution in [1.82, 2.24) is 4.57 Å². The Morgan fingerprint density at radius 1 is 0.500 bits per heavy atom. The van der Waals surface area contributed by atoms with Crippen LogP contribution >= 0.6 is 0 Å². The first kappa shape index (κ1) is 16.1. The molecule has 1 aromatic heterocycles. The van der Waals surface area contributed by atoms with E-state index in [0.717, 1.165) is 0 Å². The van der Waals surface area contributed by atoms with E-state index in [0.29, 0.717) is 0 Å². The summed E-state index contributed by atoms with van der Waals surface area (Å²) in [5.41, 5.74) is 5.02. The van der Waals surface area contributed by atoms with Crippen LogP contribution in [0.4, 0.5) is 0 Å². The van der Waals surface area contributed by atoms with E-state index in [2.05, 4.69) is 110 Å². The lowest BCUT2D eigenvalue weighted by molar-refractivity contribution is 1.01. The van der Waals surface area contributed by atoms with E-state index in [-0.39, 0.29) is 0 Å². The number of fused-ring (bicyclic) bond motifs is 3. The van der Waals surface area contributed by atoms with Crippen molar-refractivity contribution in [1.29, 1.82) is 0 Å². The van der Waals surface area contributed by atoms with Gasteiger partial charge in [-0.15, -0.1) is 0 Å². The molecule has 0 fully saturated rings. The van der Waals surface area contributed by atoms with Gasteiger partial charge in [-0.1, -0.05) is 72.8 Å². The van der Waals surface area contributed by atoms with Crippen molar-refractivity contribution in [2.75, 3.05) is 0 Å². The first-order chi connectivity index (χ1) is 11.7. The molecule has 0 radical (unpaired) electrons. The van der Waals surface area contributed by atoms with Gasteiger partial charge < -0.3 is 4.57 Å². The van der Waals surface area contributed by atoms with Crippen molar-refractivity contribution in [2.45, 2.75) is 13.8 Å². The maximum atomic E-state index is 2.28. The van der Waals surface area contributed by atoms with Gasteiger partial charge in [-0.3, -0.25) is 0 Å². The Morgan fingerprint density at radius 2 is 0.833 bits per heavy atom. The Morgan fingerprint density at radius 3 is 1.25 bits per heavy atom. The molecular formula is C23H23N. The third kappa shape index (κ3) is 3.11. The van der Waals surface area contributed by atoms with Crippen LogP contribution in [-0.4, -0.2) is 4.57 Å². The third-order valence-corrected chi connectivity index (χ3v) is 4.36. The molecule has 1 nitrogen and oxygen atoms in total. The first-order valence-corrected chi connectivity index (χ1v) is 8.30. The molecule has 0 amide bonds. The molecule has 0 aliphatic rings. The quantitative estimate of drug-likeness (QED) is 0.466. The van der Waals surface area contributed by atoms with Gasteiger partial charge in [0.25, 0.3) is 0 Å².